The van der Waals surface area contributed by atoms with E-state index in [1.165, 1.54) is 12.1 Å². The molecule has 0 aliphatic rings. The maximum absolute atomic E-state index is 12.9. The molecule has 0 radical (unpaired) electrons. The van der Waals surface area contributed by atoms with E-state index in [0.29, 0.717) is 23.7 Å². The van der Waals surface area contributed by atoms with Crippen LogP contribution in [0.25, 0.3) is 0 Å². The Hall–Kier alpha value is -2.30. The number of carbonyl (C=O) groups is 1. The molecule has 0 aromatic heterocycles. The molecule has 0 saturated heterocycles. The van der Waals surface area contributed by atoms with Gasteiger partial charge in [0, 0.05) is 11.6 Å². The fourth-order valence-electron chi connectivity index (χ4n) is 2.86. The van der Waals surface area contributed by atoms with Crippen LogP contribution in [0.15, 0.2) is 78.9 Å². The van der Waals surface area contributed by atoms with Gasteiger partial charge in [0.15, 0.2) is 0 Å². The molecule has 0 heterocycles. The summed E-state index contributed by atoms with van der Waals surface area (Å²) < 4.78 is 12.9. The van der Waals surface area contributed by atoms with E-state index >= 15 is 0 Å². The third kappa shape index (κ3) is 6.11. The highest BCUT2D eigenvalue weighted by Gasteiger charge is 2.16. The van der Waals surface area contributed by atoms with E-state index in [1.54, 1.807) is 23.9 Å². The van der Waals surface area contributed by atoms with Gasteiger partial charge in [-0.2, -0.15) is 0 Å². The Morgan fingerprint density at radius 3 is 2.25 bits per heavy atom. The van der Waals surface area contributed by atoms with Crippen LogP contribution in [0.5, 0.6) is 0 Å². The first-order valence-corrected chi connectivity index (χ1v) is 10.5. The molecule has 1 atom stereocenters. The van der Waals surface area contributed by atoms with Crippen LogP contribution < -0.4 is 5.32 Å². The lowest BCUT2D eigenvalue weighted by molar-refractivity contribution is -0.118. The number of thioether (sulfide) groups is 1. The van der Waals surface area contributed by atoms with Crippen LogP contribution in [0.1, 0.15) is 21.9 Å². The summed E-state index contributed by atoms with van der Waals surface area (Å²) >= 11 is 7.60. The molecule has 3 aromatic carbocycles. The Morgan fingerprint density at radius 1 is 0.929 bits per heavy atom. The fraction of sp³-hybridized carbons (Fsp3) is 0.174. The predicted molar refractivity (Wildman–Crippen MR) is 115 cm³/mol. The molecule has 0 aliphatic heterocycles. The van der Waals surface area contributed by atoms with E-state index in [4.69, 9.17) is 11.6 Å². The molecule has 5 heteroatoms. The molecular weight excluding hydrogens is 393 g/mol. The van der Waals surface area contributed by atoms with Gasteiger partial charge in [0.25, 0.3) is 0 Å². The van der Waals surface area contributed by atoms with E-state index in [1.807, 2.05) is 42.5 Å². The topological polar surface area (TPSA) is 29.1 Å². The summed E-state index contributed by atoms with van der Waals surface area (Å²) in [5.41, 5.74) is 3.26. The maximum atomic E-state index is 12.9. The minimum absolute atomic E-state index is 0.0120. The molecule has 1 unspecified atom stereocenters. The van der Waals surface area contributed by atoms with Crippen LogP contribution in [0.3, 0.4) is 0 Å². The third-order valence-corrected chi connectivity index (χ3v) is 5.86. The van der Waals surface area contributed by atoms with Gasteiger partial charge < -0.3 is 5.32 Å². The van der Waals surface area contributed by atoms with Gasteiger partial charge in [0.2, 0.25) is 5.91 Å². The number of benzene rings is 3. The largest absolute Gasteiger partial charge is 0.355 e. The lowest BCUT2D eigenvalue weighted by Crippen LogP contribution is -2.27. The standard InChI is InChI=1S/C23H21ClFNOS/c24-20-10-8-19(9-11-20)23(18-4-2-1-3-5-18)28-16-22(27)26-15-14-17-6-12-21(25)13-7-17/h1-13,23H,14-16H2,(H,26,27). The summed E-state index contributed by atoms with van der Waals surface area (Å²) in [4.78, 5) is 12.3. The molecule has 3 rings (SSSR count). The molecule has 0 spiro atoms. The quantitative estimate of drug-likeness (QED) is 0.516. The summed E-state index contributed by atoms with van der Waals surface area (Å²) in [6.07, 6.45) is 0.677. The van der Waals surface area contributed by atoms with Crippen molar-refractivity contribution in [3.8, 4) is 0 Å². The average Bonchev–Trinajstić information content (AvgIpc) is 2.72. The average molecular weight is 414 g/mol. The van der Waals surface area contributed by atoms with Crippen LogP contribution in [-0.2, 0) is 11.2 Å². The number of amides is 1. The summed E-state index contributed by atoms with van der Waals surface area (Å²) in [7, 11) is 0. The number of carbonyl (C=O) groups excluding carboxylic acids is 1. The molecule has 0 aliphatic carbocycles. The van der Waals surface area contributed by atoms with E-state index < -0.39 is 0 Å². The Labute approximate surface area is 174 Å². The van der Waals surface area contributed by atoms with Crippen LogP contribution in [0.2, 0.25) is 5.02 Å². The number of halogens is 2. The van der Waals surface area contributed by atoms with Crippen LogP contribution in [0, 0.1) is 5.82 Å². The molecule has 28 heavy (non-hydrogen) atoms. The Bertz CT molecular complexity index is 885. The molecule has 144 valence electrons. The van der Waals surface area contributed by atoms with Crippen LogP contribution in [0.4, 0.5) is 4.39 Å². The van der Waals surface area contributed by atoms with Crippen LogP contribution in [-0.4, -0.2) is 18.2 Å². The highest BCUT2D eigenvalue weighted by atomic mass is 35.5. The van der Waals surface area contributed by atoms with Crippen molar-refractivity contribution in [3.63, 3.8) is 0 Å². The summed E-state index contributed by atoms with van der Waals surface area (Å²) in [6, 6.07) is 24.2. The van der Waals surface area contributed by atoms with Gasteiger partial charge >= 0.3 is 0 Å². The predicted octanol–water partition coefficient (Wildman–Crippen LogP) is 5.66. The zero-order valence-electron chi connectivity index (χ0n) is 15.3. The zero-order chi connectivity index (χ0) is 19.8. The van der Waals surface area contributed by atoms with Gasteiger partial charge in [0.1, 0.15) is 5.82 Å². The van der Waals surface area contributed by atoms with E-state index in [-0.39, 0.29) is 17.0 Å². The molecule has 0 bridgehead atoms. The van der Waals surface area contributed by atoms with E-state index in [0.717, 1.165) is 16.7 Å². The maximum Gasteiger partial charge on any atom is 0.230 e. The first kappa shape index (κ1) is 20.4. The molecule has 0 saturated carbocycles. The van der Waals surface area contributed by atoms with Gasteiger partial charge in [0.05, 0.1) is 11.0 Å². The van der Waals surface area contributed by atoms with Crippen molar-refractivity contribution < 1.29 is 9.18 Å². The SMILES string of the molecule is O=C(CSC(c1ccccc1)c1ccc(Cl)cc1)NCCc1ccc(F)cc1. The summed E-state index contributed by atoms with van der Waals surface area (Å²) in [5, 5.41) is 3.69. The van der Waals surface area contributed by atoms with Gasteiger partial charge in [-0.15, -0.1) is 11.8 Å². The number of rotatable bonds is 8. The Morgan fingerprint density at radius 2 is 1.57 bits per heavy atom. The molecule has 2 nitrogen and oxygen atoms in total. The lowest BCUT2D eigenvalue weighted by Gasteiger charge is -2.18. The highest BCUT2D eigenvalue weighted by Crippen LogP contribution is 2.35. The van der Waals surface area contributed by atoms with Gasteiger partial charge in [-0.05, 0) is 47.4 Å². The zero-order valence-corrected chi connectivity index (χ0v) is 16.8. The fourth-order valence-corrected chi connectivity index (χ4v) is 4.10. The second-order valence-corrected chi connectivity index (χ2v) is 7.91. The molecule has 1 amide bonds. The molecule has 3 aromatic rings. The summed E-state index contributed by atoms with van der Waals surface area (Å²) in [6.45, 7) is 0.530. The number of hydrogen-bond donors (Lipinski definition) is 1. The van der Waals surface area contributed by atoms with E-state index in [9.17, 15) is 9.18 Å². The molecular formula is C23H21ClFNOS. The smallest absolute Gasteiger partial charge is 0.230 e. The van der Waals surface area contributed by atoms with Crippen molar-refractivity contribution >= 4 is 29.3 Å². The minimum Gasteiger partial charge on any atom is -0.355 e. The third-order valence-electron chi connectivity index (χ3n) is 4.31. The molecule has 1 N–H and O–H groups in total. The first-order valence-electron chi connectivity index (χ1n) is 9.05. The van der Waals surface area contributed by atoms with Gasteiger partial charge in [-0.3, -0.25) is 4.79 Å². The monoisotopic (exact) mass is 413 g/mol. The lowest BCUT2D eigenvalue weighted by atomic mass is 10.0. The minimum atomic E-state index is -0.252. The second-order valence-electron chi connectivity index (χ2n) is 6.38. The van der Waals surface area contributed by atoms with Crippen LogP contribution >= 0.6 is 23.4 Å². The van der Waals surface area contributed by atoms with E-state index in [2.05, 4.69) is 17.4 Å². The van der Waals surface area contributed by atoms with Gasteiger partial charge in [-0.1, -0.05) is 66.2 Å². The Kier molecular flexibility index (Phi) is 7.52. The normalized spacial score (nSPS) is 11.8. The highest BCUT2D eigenvalue weighted by molar-refractivity contribution is 8.00. The molecule has 0 fully saturated rings. The second kappa shape index (κ2) is 10.3. The van der Waals surface area contributed by atoms with Crippen molar-refractivity contribution in [2.45, 2.75) is 11.7 Å². The summed E-state index contributed by atoms with van der Waals surface area (Å²) in [5.74, 6) is 0.0892. The first-order chi connectivity index (χ1) is 13.6. The van der Waals surface area contributed by atoms with Crippen molar-refractivity contribution in [2.24, 2.45) is 0 Å². The van der Waals surface area contributed by atoms with Crippen molar-refractivity contribution in [1.29, 1.82) is 0 Å². The number of nitrogens with one attached hydrogen (secondary N) is 1. The van der Waals surface area contributed by atoms with Crippen molar-refractivity contribution in [1.82, 2.24) is 5.32 Å². The van der Waals surface area contributed by atoms with Crippen molar-refractivity contribution in [3.05, 3.63) is 106 Å². The Balaban J connectivity index is 1.56. The number of hydrogen-bond acceptors (Lipinski definition) is 2. The van der Waals surface area contributed by atoms with Crippen molar-refractivity contribution in [2.75, 3.05) is 12.3 Å². The van der Waals surface area contributed by atoms with Gasteiger partial charge in [-0.25, -0.2) is 4.39 Å².